The molecule has 0 aliphatic heterocycles. The predicted octanol–water partition coefficient (Wildman–Crippen LogP) is 4.54. The Kier molecular flexibility index (Phi) is 5.97. The first-order valence-corrected chi connectivity index (χ1v) is 7.75. The molecule has 0 N–H and O–H groups in total. The van der Waals surface area contributed by atoms with E-state index in [9.17, 15) is 0 Å². The van der Waals surface area contributed by atoms with Crippen LogP contribution in [-0.4, -0.2) is 21.3 Å². The van der Waals surface area contributed by atoms with E-state index in [2.05, 4.69) is 6.08 Å². The molecule has 1 saturated carbocycles. The Labute approximate surface area is 127 Å². The molecule has 1 aliphatic carbocycles. The molecule has 0 heterocycles. The van der Waals surface area contributed by atoms with Gasteiger partial charge in [0.25, 0.3) is 0 Å². The van der Waals surface area contributed by atoms with Crippen LogP contribution in [0.1, 0.15) is 44.1 Å². The quantitative estimate of drug-likeness (QED) is 0.720. The minimum Gasteiger partial charge on any atom is -0.493 e. The average Bonchev–Trinajstić information content (AvgIpc) is 2.54. The lowest BCUT2D eigenvalue weighted by molar-refractivity contribution is 0.324. The lowest BCUT2D eigenvalue weighted by Gasteiger charge is -2.15. The molecule has 21 heavy (non-hydrogen) atoms. The molecule has 0 saturated heterocycles. The van der Waals surface area contributed by atoms with Crippen molar-refractivity contribution < 1.29 is 14.2 Å². The fraction of sp³-hybridized carbons (Fsp3) is 0.556. The number of allylic oxidation sites excluding steroid dienone is 2. The van der Waals surface area contributed by atoms with Gasteiger partial charge in [0.2, 0.25) is 5.75 Å². The van der Waals surface area contributed by atoms with Crippen LogP contribution in [-0.2, 0) is 6.42 Å². The maximum atomic E-state index is 5.40. The molecule has 0 unspecified atom stereocenters. The summed E-state index contributed by atoms with van der Waals surface area (Å²) in [5.41, 5.74) is 2.85. The van der Waals surface area contributed by atoms with Crippen LogP contribution in [0, 0.1) is 0 Å². The maximum absolute atomic E-state index is 5.40. The van der Waals surface area contributed by atoms with E-state index in [1.54, 1.807) is 26.9 Å². The molecule has 3 heteroatoms. The van der Waals surface area contributed by atoms with Crippen LogP contribution in [0.4, 0.5) is 0 Å². The zero-order chi connectivity index (χ0) is 15.1. The molecule has 1 aromatic carbocycles. The van der Waals surface area contributed by atoms with E-state index in [4.69, 9.17) is 14.2 Å². The molecule has 3 nitrogen and oxygen atoms in total. The van der Waals surface area contributed by atoms with Gasteiger partial charge in [0.05, 0.1) is 21.3 Å². The van der Waals surface area contributed by atoms with Gasteiger partial charge in [0.1, 0.15) is 0 Å². The number of methoxy groups -OCH3 is 3. The van der Waals surface area contributed by atoms with E-state index in [1.165, 1.54) is 37.7 Å². The Morgan fingerprint density at radius 2 is 1.52 bits per heavy atom. The van der Waals surface area contributed by atoms with Crippen molar-refractivity contribution in [3.63, 3.8) is 0 Å². The molecule has 1 aromatic rings. The van der Waals surface area contributed by atoms with Crippen molar-refractivity contribution in [1.82, 2.24) is 0 Å². The van der Waals surface area contributed by atoms with Gasteiger partial charge in [-0.2, -0.15) is 0 Å². The van der Waals surface area contributed by atoms with E-state index in [0.29, 0.717) is 5.75 Å². The van der Waals surface area contributed by atoms with Gasteiger partial charge in [-0.15, -0.1) is 0 Å². The number of benzene rings is 1. The standard InChI is InChI=1S/C18H26O3/c1-19-16-12-15(13-17(20-2)18(16)21-3)11-7-10-14-8-5-4-6-9-14/h10,12-13H,4-9,11H2,1-3H3. The van der Waals surface area contributed by atoms with Gasteiger partial charge in [0, 0.05) is 0 Å². The number of rotatable bonds is 6. The van der Waals surface area contributed by atoms with Gasteiger partial charge < -0.3 is 14.2 Å². The van der Waals surface area contributed by atoms with Crippen molar-refractivity contribution in [3.8, 4) is 17.2 Å². The Hall–Kier alpha value is -1.64. The summed E-state index contributed by atoms with van der Waals surface area (Å²) in [6, 6.07) is 4.08. The Bertz CT molecular complexity index is 458. The number of ether oxygens (including phenoxy) is 3. The first-order valence-electron chi connectivity index (χ1n) is 7.75. The molecule has 2 rings (SSSR count). The Morgan fingerprint density at radius 1 is 0.905 bits per heavy atom. The molecular formula is C18H26O3. The van der Waals surface area contributed by atoms with E-state index in [0.717, 1.165) is 24.3 Å². The van der Waals surface area contributed by atoms with Gasteiger partial charge >= 0.3 is 0 Å². The van der Waals surface area contributed by atoms with Gasteiger partial charge in [-0.3, -0.25) is 0 Å². The summed E-state index contributed by atoms with van der Waals surface area (Å²) in [4.78, 5) is 0. The van der Waals surface area contributed by atoms with E-state index in [1.807, 2.05) is 12.1 Å². The number of aryl methyl sites for hydroxylation is 1. The molecular weight excluding hydrogens is 264 g/mol. The summed E-state index contributed by atoms with van der Waals surface area (Å²) in [7, 11) is 4.95. The van der Waals surface area contributed by atoms with E-state index >= 15 is 0 Å². The molecule has 116 valence electrons. The van der Waals surface area contributed by atoms with Gasteiger partial charge in [0.15, 0.2) is 11.5 Å². The van der Waals surface area contributed by atoms with Crippen molar-refractivity contribution in [2.24, 2.45) is 0 Å². The minimum absolute atomic E-state index is 0.661. The van der Waals surface area contributed by atoms with Crippen molar-refractivity contribution in [2.45, 2.75) is 44.9 Å². The summed E-state index contributed by atoms with van der Waals surface area (Å²) in [5, 5.41) is 0. The zero-order valence-electron chi connectivity index (χ0n) is 13.4. The second-order valence-corrected chi connectivity index (χ2v) is 5.50. The number of hydrogen-bond acceptors (Lipinski definition) is 3. The van der Waals surface area contributed by atoms with E-state index < -0.39 is 0 Å². The highest BCUT2D eigenvalue weighted by molar-refractivity contribution is 5.53. The monoisotopic (exact) mass is 290 g/mol. The van der Waals surface area contributed by atoms with Crippen molar-refractivity contribution >= 4 is 0 Å². The second kappa shape index (κ2) is 7.96. The fourth-order valence-corrected chi connectivity index (χ4v) is 2.93. The molecule has 0 aromatic heterocycles. The first-order chi connectivity index (χ1) is 10.3. The van der Waals surface area contributed by atoms with Crippen LogP contribution in [0.25, 0.3) is 0 Å². The molecule has 1 aliphatic rings. The molecule has 0 atom stereocenters. The zero-order valence-corrected chi connectivity index (χ0v) is 13.4. The molecule has 0 radical (unpaired) electrons. The summed E-state index contributed by atoms with van der Waals surface area (Å²) in [5.74, 6) is 2.13. The van der Waals surface area contributed by atoms with Gasteiger partial charge in [-0.1, -0.05) is 18.1 Å². The third kappa shape index (κ3) is 4.16. The average molecular weight is 290 g/mol. The maximum Gasteiger partial charge on any atom is 0.203 e. The van der Waals surface area contributed by atoms with Crippen LogP contribution in [0.15, 0.2) is 23.8 Å². The molecule has 0 spiro atoms. The smallest absolute Gasteiger partial charge is 0.203 e. The Balaban J connectivity index is 2.05. The van der Waals surface area contributed by atoms with Crippen LogP contribution >= 0.6 is 0 Å². The van der Waals surface area contributed by atoms with E-state index in [-0.39, 0.29) is 0 Å². The van der Waals surface area contributed by atoms with Crippen LogP contribution in [0.5, 0.6) is 17.2 Å². The summed E-state index contributed by atoms with van der Waals surface area (Å²) >= 11 is 0. The number of hydrogen-bond donors (Lipinski definition) is 0. The van der Waals surface area contributed by atoms with Gasteiger partial charge in [-0.25, -0.2) is 0 Å². The minimum atomic E-state index is 0.661. The topological polar surface area (TPSA) is 27.7 Å². The van der Waals surface area contributed by atoms with Crippen LogP contribution in [0.2, 0.25) is 0 Å². The molecule has 1 fully saturated rings. The Morgan fingerprint density at radius 3 is 2.05 bits per heavy atom. The predicted molar refractivity (Wildman–Crippen MR) is 85.6 cm³/mol. The van der Waals surface area contributed by atoms with Gasteiger partial charge in [-0.05, 0) is 56.2 Å². The fourth-order valence-electron chi connectivity index (χ4n) is 2.93. The molecule has 0 amide bonds. The SMILES string of the molecule is COc1cc(CCC=C2CCCCC2)cc(OC)c1OC. The lowest BCUT2D eigenvalue weighted by atomic mass is 9.93. The molecule has 0 bridgehead atoms. The van der Waals surface area contributed by atoms with Crippen molar-refractivity contribution in [2.75, 3.05) is 21.3 Å². The van der Waals surface area contributed by atoms with Crippen molar-refractivity contribution in [3.05, 3.63) is 29.3 Å². The highest BCUT2D eigenvalue weighted by atomic mass is 16.5. The van der Waals surface area contributed by atoms with Crippen molar-refractivity contribution in [1.29, 1.82) is 0 Å². The summed E-state index contributed by atoms with van der Waals surface area (Å²) in [6.45, 7) is 0. The largest absolute Gasteiger partial charge is 0.493 e. The highest BCUT2D eigenvalue weighted by Gasteiger charge is 2.13. The first kappa shape index (κ1) is 15.7. The van der Waals surface area contributed by atoms with Crippen LogP contribution < -0.4 is 14.2 Å². The normalized spacial score (nSPS) is 14.7. The summed E-state index contributed by atoms with van der Waals surface area (Å²) in [6.07, 6.45) is 11.2. The third-order valence-corrected chi connectivity index (χ3v) is 4.09. The van der Waals surface area contributed by atoms with Crippen LogP contribution in [0.3, 0.4) is 0 Å². The summed E-state index contributed by atoms with van der Waals surface area (Å²) < 4.78 is 16.1. The third-order valence-electron chi connectivity index (χ3n) is 4.09. The highest BCUT2D eigenvalue weighted by Crippen LogP contribution is 2.38. The second-order valence-electron chi connectivity index (χ2n) is 5.50. The lowest BCUT2D eigenvalue weighted by Crippen LogP contribution is -1.97.